The van der Waals surface area contributed by atoms with Crippen LogP contribution in [0.25, 0.3) is 0 Å². The highest BCUT2D eigenvalue weighted by molar-refractivity contribution is 6.30. The number of methoxy groups -OCH3 is 1. The predicted octanol–water partition coefficient (Wildman–Crippen LogP) is 2.63. The summed E-state index contributed by atoms with van der Waals surface area (Å²) < 4.78 is 11.1. The van der Waals surface area contributed by atoms with Crippen LogP contribution in [-0.4, -0.2) is 47.3 Å². The number of benzene rings is 1. The summed E-state index contributed by atoms with van der Waals surface area (Å²) in [7, 11) is 1.59. The van der Waals surface area contributed by atoms with E-state index in [4.69, 9.17) is 21.1 Å². The van der Waals surface area contributed by atoms with E-state index < -0.39 is 11.9 Å². The molecule has 7 nitrogen and oxygen atoms in total. The summed E-state index contributed by atoms with van der Waals surface area (Å²) in [6.07, 6.45) is 3.45. The second-order valence-corrected chi connectivity index (χ2v) is 6.60. The van der Waals surface area contributed by atoms with E-state index in [0.29, 0.717) is 42.8 Å². The molecule has 0 aliphatic carbocycles. The zero-order valence-corrected chi connectivity index (χ0v) is 15.1. The van der Waals surface area contributed by atoms with Gasteiger partial charge in [0.05, 0.1) is 24.4 Å². The molecule has 1 N–H and O–H groups in total. The second-order valence-electron chi connectivity index (χ2n) is 6.17. The van der Waals surface area contributed by atoms with Gasteiger partial charge >= 0.3 is 5.97 Å². The van der Waals surface area contributed by atoms with Crippen LogP contribution in [0.1, 0.15) is 12.0 Å². The quantitative estimate of drug-likeness (QED) is 0.828. The highest BCUT2D eigenvalue weighted by atomic mass is 35.5. The molecule has 138 valence electrons. The fraction of sp³-hybridized carbons (Fsp3) is 0.389. The number of carbonyl (C=O) groups is 1. The number of ether oxygens (including phenoxy) is 2. The molecule has 1 aromatic heterocycles. The van der Waals surface area contributed by atoms with Crippen molar-refractivity contribution in [2.45, 2.75) is 19.1 Å². The van der Waals surface area contributed by atoms with E-state index in [1.54, 1.807) is 19.4 Å². The summed E-state index contributed by atoms with van der Waals surface area (Å²) in [4.78, 5) is 21.9. The SMILES string of the molecule is COC1CC(C(=O)O)CN(c2cncc(OCc3cccc(Cl)c3)n2)C1. The summed E-state index contributed by atoms with van der Waals surface area (Å²) in [5, 5.41) is 9.99. The molecule has 0 radical (unpaired) electrons. The average molecular weight is 378 g/mol. The molecule has 3 rings (SSSR count). The van der Waals surface area contributed by atoms with Gasteiger partial charge in [-0.25, -0.2) is 0 Å². The molecule has 26 heavy (non-hydrogen) atoms. The van der Waals surface area contributed by atoms with Gasteiger partial charge in [0.2, 0.25) is 5.88 Å². The normalized spacial score (nSPS) is 20.0. The van der Waals surface area contributed by atoms with Gasteiger partial charge in [-0.05, 0) is 24.1 Å². The largest absolute Gasteiger partial charge is 0.481 e. The molecule has 0 spiro atoms. The van der Waals surface area contributed by atoms with Gasteiger partial charge in [0.25, 0.3) is 0 Å². The number of aromatic nitrogens is 2. The van der Waals surface area contributed by atoms with Gasteiger partial charge in [-0.3, -0.25) is 9.78 Å². The van der Waals surface area contributed by atoms with E-state index >= 15 is 0 Å². The van der Waals surface area contributed by atoms with Crippen LogP contribution in [0.3, 0.4) is 0 Å². The monoisotopic (exact) mass is 377 g/mol. The molecule has 2 heterocycles. The predicted molar refractivity (Wildman–Crippen MR) is 96.6 cm³/mol. The molecule has 1 aliphatic rings. The Kier molecular flexibility index (Phi) is 5.90. The molecule has 1 aliphatic heterocycles. The number of nitrogens with zero attached hydrogens (tertiary/aromatic N) is 3. The highest BCUT2D eigenvalue weighted by Crippen LogP contribution is 2.24. The van der Waals surface area contributed by atoms with E-state index in [1.165, 1.54) is 6.20 Å². The van der Waals surface area contributed by atoms with Crippen LogP contribution < -0.4 is 9.64 Å². The number of halogens is 1. The standard InChI is InChI=1S/C18H20ClN3O4/c1-25-15-6-13(18(23)24)9-22(10-15)16-7-20-8-17(21-16)26-11-12-3-2-4-14(19)5-12/h2-5,7-8,13,15H,6,9-11H2,1H3,(H,23,24). The summed E-state index contributed by atoms with van der Waals surface area (Å²) in [5.74, 6) is -0.403. The van der Waals surface area contributed by atoms with Gasteiger partial charge in [0.15, 0.2) is 5.82 Å². The molecule has 1 fully saturated rings. The first kappa shape index (κ1) is 18.4. The van der Waals surface area contributed by atoms with Crippen molar-refractivity contribution in [3.05, 3.63) is 47.2 Å². The topological polar surface area (TPSA) is 84.8 Å². The van der Waals surface area contributed by atoms with Gasteiger partial charge in [-0.15, -0.1) is 0 Å². The second kappa shape index (κ2) is 8.33. The lowest BCUT2D eigenvalue weighted by molar-refractivity contribution is -0.143. The summed E-state index contributed by atoms with van der Waals surface area (Å²) in [5.41, 5.74) is 0.924. The van der Waals surface area contributed by atoms with Gasteiger partial charge in [-0.2, -0.15) is 4.98 Å². The van der Waals surface area contributed by atoms with Crippen LogP contribution in [0, 0.1) is 5.92 Å². The van der Waals surface area contributed by atoms with Crippen LogP contribution in [0.4, 0.5) is 5.82 Å². The number of aliphatic carboxylic acids is 1. The molecule has 2 aromatic rings. The zero-order chi connectivity index (χ0) is 18.5. The number of rotatable bonds is 6. The highest BCUT2D eigenvalue weighted by Gasteiger charge is 2.32. The molecule has 1 saturated heterocycles. The molecule has 2 unspecified atom stereocenters. The number of hydrogen-bond acceptors (Lipinski definition) is 6. The van der Waals surface area contributed by atoms with Gasteiger partial charge in [-0.1, -0.05) is 23.7 Å². The molecule has 0 amide bonds. The number of piperidine rings is 1. The maximum absolute atomic E-state index is 11.4. The Morgan fingerprint density at radius 1 is 1.38 bits per heavy atom. The van der Waals surface area contributed by atoms with Crippen LogP contribution in [0.5, 0.6) is 5.88 Å². The summed E-state index contributed by atoms with van der Waals surface area (Å²) in [6.45, 7) is 1.24. The van der Waals surface area contributed by atoms with Crippen molar-refractivity contribution in [1.82, 2.24) is 9.97 Å². The van der Waals surface area contributed by atoms with Gasteiger partial charge in [0, 0.05) is 25.2 Å². The van der Waals surface area contributed by atoms with Crippen molar-refractivity contribution >= 4 is 23.4 Å². The van der Waals surface area contributed by atoms with E-state index in [1.807, 2.05) is 23.1 Å². The number of anilines is 1. The molecule has 0 saturated carbocycles. The number of carboxylic acids is 1. The first-order valence-corrected chi connectivity index (χ1v) is 8.63. The van der Waals surface area contributed by atoms with Crippen molar-refractivity contribution in [1.29, 1.82) is 0 Å². The fourth-order valence-electron chi connectivity index (χ4n) is 2.93. The van der Waals surface area contributed by atoms with Crippen LogP contribution >= 0.6 is 11.6 Å². The maximum Gasteiger partial charge on any atom is 0.308 e. The maximum atomic E-state index is 11.4. The lowest BCUT2D eigenvalue weighted by Crippen LogP contribution is -2.46. The Morgan fingerprint density at radius 3 is 2.96 bits per heavy atom. The molecular weight excluding hydrogens is 358 g/mol. The third-order valence-electron chi connectivity index (χ3n) is 4.29. The van der Waals surface area contributed by atoms with Crippen LogP contribution in [0.2, 0.25) is 5.02 Å². The van der Waals surface area contributed by atoms with Crippen LogP contribution in [0.15, 0.2) is 36.7 Å². The Bertz CT molecular complexity index is 774. The number of carboxylic acid groups (broad SMARTS) is 1. The average Bonchev–Trinajstić information content (AvgIpc) is 2.66. The minimum atomic E-state index is -0.835. The van der Waals surface area contributed by atoms with E-state index in [9.17, 15) is 9.90 Å². The molecular formula is C18H20ClN3O4. The van der Waals surface area contributed by atoms with E-state index in [-0.39, 0.29) is 6.10 Å². The smallest absolute Gasteiger partial charge is 0.308 e. The summed E-state index contributed by atoms with van der Waals surface area (Å²) >= 11 is 5.97. The minimum Gasteiger partial charge on any atom is -0.481 e. The van der Waals surface area contributed by atoms with Gasteiger partial charge in [0.1, 0.15) is 6.61 Å². The molecule has 0 bridgehead atoms. The van der Waals surface area contributed by atoms with Crippen molar-refractivity contribution < 1.29 is 19.4 Å². The van der Waals surface area contributed by atoms with Crippen LogP contribution in [-0.2, 0) is 16.1 Å². The fourth-order valence-corrected chi connectivity index (χ4v) is 3.15. The first-order valence-electron chi connectivity index (χ1n) is 8.25. The third-order valence-corrected chi connectivity index (χ3v) is 4.53. The van der Waals surface area contributed by atoms with Crippen molar-refractivity contribution in [3.8, 4) is 5.88 Å². The van der Waals surface area contributed by atoms with Gasteiger partial charge < -0.3 is 19.5 Å². The lowest BCUT2D eigenvalue weighted by Gasteiger charge is -2.36. The Hall–Kier alpha value is -2.38. The zero-order valence-electron chi connectivity index (χ0n) is 14.3. The first-order chi connectivity index (χ1) is 12.5. The minimum absolute atomic E-state index is 0.164. The molecule has 1 aromatic carbocycles. The lowest BCUT2D eigenvalue weighted by atomic mass is 9.96. The van der Waals surface area contributed by atoms with Crippen molar-refractivity contribution in [3.63, 3.8) is 0 Å². The summed E-state index contributed by atoms with van der Waals surface area (Å²) in [6, 6.07) is 7.39. The Balaban J connectivity index is 1.70. The van der Waals surface area contributed by atoms with E-state index in [2.05, 4.69) is 9.97 Å². The van der Waals surface area contributed by atoms with E-state index in [0.717, 1.165) is 5.56 Å². The van der Waals surface area contributed by atoms with Crippen molar-refractivity contribution in [2.75, 3.05) is 25.1 Å². The molecule has 8 heteroatoms. The Labute approximate surface area is 156 Å². The molecule has 2 atom stereocenters. The van der Waals surface area contributed by atoms with Crippen molar-refractivity contribution in [2.24, 2.45) is 5.92 Å². The Morgan fingerprint density at radius 2 is 2.23 bits per heavy atom. The third kappa shape index (κ3) is 4.62. The number of hydrogen-bond donors (Lipinski definition) is 1.